The van der Waals surface area contributed by atoms with Crippen molar-refractivity contribution in [3.8, 4) is 0 Å². The lowest BCUT2D eigenvalue weighted by molar-refractivity contribution is -0.131. The van der Waals surface area contributed by atoms with Crippen molar-refractivity contribution in [3.05, 3.63) is 65.7 Å². The fraction of sp³-hybridized carbons (Fsp3) is 0.182. The standard InChI is InChI=1S/C22H20N2O5S/c1-13-5-3-8-17(14(13)2)24-20(26)12-18(22(24)29)30-16-7-4-6-15(11-16)23-19(25)9-10-21(27)28/h3-11,18H,12H2,1-2H3,(H,23,25)(H,27,28)/b10-9+/t18-/m1/s1. The molecule has 8 heteroatoms. The molecule has 7 nitrogen and oxygen atoms in total. The van der Waals surface area contributed by atoms with Gasteiger partial charge in [0, 0.05) is 29.2 Å². The number of carbonyl (C=O) groups is 4. The van der Waals surface area contributed by atoms with E-state index in [0.29, 0.717) is 16.3 Å². The summed E-state index contributed by atoms with van der Waals surface area (Å²) in [5.74, 6) is -2.30. The van der Waals surface area contributed by atoms with Crippen LogP contribution in [0.1, 0.15) is 17.5 Å². The molecule has 1 atom stereocenters. The molecular formula is C22H20N2O5S. The van der Waals surface area contributed by atoms with Crippen LogP contribution in [-0.4, -0.2) is 34.0 Å². The molecule has 2 aromatic rings. The molecule has 1 aliphatic heterocycles. The summed E-state index contributed by atoms with van der Waals surface area (Å²) in [5, 5.41) is 10.6. The lowest BCUT2D eigenvalue weighted by atomic mass is 10.1. The topological polar surface area (TPSA) is 104 Å². The first kappa shape index (κ1) is 21.3. The summed E-state index contributed by atoms with van der Waals surface area (Å²) in [5.41, 5.74) is 2.97. The molecular weight excluding hydrogens is 404 g/mol. The third-order valence-corrected chi connectivity index (χ3v) is 5.86. The first-order valence-corrected chi connectivity index (χ1v) is 10.1. The van der Waals surface area contributed by atoms with Crippen LogP contribution in [-0.2, 0) is 19.2 Å². The minimum Gasteiger partial charge on any atom is -0.478 e. The van der Waals surface area contributed by atoms with Crippen LogP contribution in [0.4, 0.5) is 11.4 Å². The van der Waals surface area contributed by atoms with Crippen LogP contribution in [0.5, 0.6) is 0 Å². The number of aryl methyl sites for hydroxylation is 1. The lowest BCUT2D eigenvalue weighted by Gasteiger charge is -2.18. The second-order valence-electron chi connectivity index (χ2n) is 6.79. The van der Waals surface area contributed by atoms with Gasteiger partial charge in [-0.15, -0.1) is 11.8 Å². The number of nitrogens with zero attached hydrogens (tertiary/aromatic N) is 1. The first-order chi connectivity index (χ1) is 14.3. The molecule has 0 radical (unpaired) electrons. The molecule has 1 saturated heterocycles. The smallest absolute Gasteiger partial charge is 0.328 e. The fourth-order valence-corrected chi connectivity index (χ4v) is 4.18. The van der Waals surface area contributed by atoms with E-state index in [0.717, 1.165) is 23.3 Å². The molecule has 1 fully saturated rings. The van der Waals surface area contributed by atoms with E-state index in [2.05, 4.69) is 5.32 Å². The van der Waals surface area contributed by atoms with Crippen LogP contribution in [0.3, 0.4) is 0 Å². The van der Waals surface area contributed by atoms with Gasteiger partial charge < -0.3 is 10.4 Å². The van der Waals surface area contributed by atoms with Crippen molar-refractivity contribution in [3.63, 3.8) is 0 Å². The predicted octanol–water partition coefficient (Wildman–Crippen LogP) is 3.31. The Kier molecular flexibility index (Phi) is 6.37. The molecule has 3 amide bonds. The highest BCUT2D eigenvalue weighted by Crippen LogP contribution is 2.36. The Hall–Kier alpha value is -3.39. The zero-order valence-corrected chi connectivity index (χ0v) is 17.2. The number of hydrogen-bond acceptors (Lipinski definition) is 5. The van der Waals surface area contributed by atoms with Crippen molar-refractivity contribution in [1.82, 2.24) is 0 Å². The summed E-state index contributed by atoms with van der Waals surface area (Å²) >= 11 is 1.26. The molecule has 154 valence electrons. The summed E-state index contributed by atoms with van der Waals surface area (Å²) in [6.45, 7) is 3.82. The van der Waals surface area contributed by atoms with E-state index in [9.17, 15) is 19.2 Å². The van der Waals surface area contributed by atoms with Crippen LogP contribution >= 0.6 is 11.8 Å². The number of nitrogens with one attached hydrogen (secondary N) is 1. The zero-order chi connectivity index (χ0) is 21.8. The Morgan fingerprint density at radius 1 is 1.13 bits per heavy atom. The molecule has 0 unspecified atom stereocenters. The lowest BCUT2D eigenvalue weighted by Crippen LogP contribution is -2.31. The van der Waals surface area contributed by atoms with E-state index in [1.165, 1.54) is 16.7 Å². The van der Waals surface area contributed by atoms with E-state index < -0.39 is 17.1 Å². The van der Waals surface area contributed by atoms with Gasteiger partial charge in [-0.25, -0.2) is 9.69 Å². The number of carboxylic acids is 1. The van der Waals surface area contributed by atoms with E-state index in [1.807, 2.05) is 26.0 Å². The maximum Gasteiger partial charge on any atom is 0.328 e. The third-order valence-electron chi connectivity index (χ3n) is 4.68. The molecule has 0 saturated carbocycles. The van der Waals surface area contributed by atoms with Crippen molar-refractivity contribution in [1.29, 1.82) is 0 Å². The van der Waals surface area contributed by atoms with Gasteiger partial charge in [-0.1, -0.05) is 18.2 Å². The monoisotopic (exact) mass is 424 g/mol. The number of aliphatic carboxylic acids is 1. The van der Waals surface area contributed by atoms with Crippen LogP contribution < -0.4 is 10.2 Å². The number of hydrogen-bond donors (Lipinski definition) is 2. The number of anilines is 2. The summed E-state index contributed by atoms with van der Waals surface area (Å²) < 4.78 is 0. The van der Waals surface area contributed by atoms with Gasteiger partial charge in [-0.3, -0.25) is 14.4 Å². The van der Waals surface area contributed by atoms with Crippen molar-refractivity contribution >= 4 is 46.8 Å². The van der Waals surface area contributed by atoms with Crippen molar-refractivity contribution in [2.45, 2.75) is 30.4 Å². The molecule has 0 bridgehead atoms. The second-order valence-corrected chi connectivity index (χ2v) is 8.06. The number of carbonyl (C=O) groups excluding carboxylic acids is 3. The Labute approximate surface area is 177 Å². The predicted molar refractivity (Wildman–Crippen MR) is 115 cm³/mol. The van der Waals surface area contributed by atoms with Crippen LogP contribution in [0.15, 0.2) is 59.5 Å². The Bertz CT molecular complexity index is 1060. The SMILES string of the molecule is Cc1cccc(N2C(=O)C[C@@H](Sc3cccc(NC(=O)/C=C/C(=O)O)c3)C2=O)c1C. The highest BCUT2D eigenvalue weighted by molar-refractivity contribution is 8.00. The second kappa shape index (κ2) is 8.96. The fourth-order valence-electron chi connectivity index (χ4n) is 3.07. The highest BCUT2D eigenvalue weighted by Gasteiger charge is 2.40. The first-order valence-electron chi connectivity index (χ1n) is 9.18. The van der Waals surface area contributed by atoms with E-state index in [1.54, 1.807) is 30.3 Å². The third kappa shape index (κ3) is 4.77. The van der Waals surface area contributed by atoms with Gasteiger partial charge in [0.05, 0.1) is 10.9 Å². The number of thioether (sulfide) groups is 1. The minimum absolute atomic E-state index is 0.0921. The van der Waals surface area contributed by atoms with E-state index in [4.69, 9.17) is 5.11 Å². The van der Waals surface area contributed by atoms with Crippen molar-refractivity contribution in [2.24, 2.45) is 0 Å². The molecule has 0 aromatic heterocycles. The maximum atomic E-state index is 12.9. The molecule has 3 rings (SSSR count). The largest absolute Gasteiger partial charge is 0.478 e. The van der Waals surface area contributed by atoms with Gasteiger partial charge in [-0.05, 0) is 49.2 Å². The van der Waals surface area contributed by atoms with Crippen LogP contribution in [0, 0.1) is 13.8 Å². The van der Waals surface area contributed by atoms with Gasteiger partial charge in [0.2, 0.25) is 17.7 Å². The number of carboxylic acid groups (broad SMARTS) is 1. The summed E-state index contributed by atoms with van der Waals surface area (Å²) in [4.78, 5) is 49.7. The average Bonchev–Trinajstić information content (AvgIpc) is 2.96. The summed E-state index contributed by atoms with van der Waals surface area (Å²) in [6, 6.07) is 12.3. The number of amides is 3. The number of imide groups is 1. The van der Waals surface area contributed by atoms with Gasteiger partial charge in [0.25, 0.3) is 0 Å². The molecule has 2 aromatic carbocycles. The molecule has 0 aliphatic carbocycles. The highest BCUT2D eigenvalue weighted by atomic mass is 32.2. The van der Waals surface area contributed by atoms with Gasteiger partial charge in [0.15, 0.2) is 0 Å². The van der Waals surface area contributed by atoms with Crippen LogP contribution in [0.25, 0.3) is 0 Å². The molecule has 1 heterocycles. The Morgan fingerprint density at radius 3 is 2.60 bits per heavy atom. The summed E-state index contributed by atoms with van der Waals surface area (Å²) in [6.07, 6.45) is 1.76. The summed E-state index contributed by atoms with van der Waals surface area (Å²) in [7, 11) is 0. The van der Waals surface area contributed by atoms with Gasteiger partial charge in [-0.2, -0.15) is 0 Å². The van der Waals surface area contributed by atoms with E-state index >= 15 is 0 Å². The molecule has 2 N–H and O–H groups in total. The Balaban J connectivity index is 1.73. The quantitative estimate of drug-likeness (QED) is 0.545. The normalized spacial score (nSPS) is 16.3. The molecule has 30 heavy (non-hydrogen) atoms. The van der Waals surface area contributed by atoms with Crippen molar-refractivity contribution < 1.29 is 24.3 Å². The average molecular weight is 424 g/mol. The van der Waals surface area contributed by atoms with Gasteiger partial charge >= 0.3 is 5.97 Å². The van der Waals surface area contributed by atoms with Crippen molar-refractivity contribution in [2.75, 3.05) is 10.2 Å². The minimum atomic E-state index is -1.22. The molecule has 0 spiro atoms. The maximum absolute atomic E-state index is 12.9. The number of benzene rings is 2. The van der Waals surface area contributed by atoms with Gasteiger partial charge in [0.1, 0.15) is 0 Å². The van der Waals surface area contributed by atoms with E-state index in [-0.39, 0.29) is 18.2 Å². The Morgan fingerprint density at radius 2 is 1.87 bits per heavy atom. The molecule has 1 aliphatic rings. The zero-order valence-electron chi connectivity index (χ0n) is 16.4. The van der Waals surface area contributed by atoms with Crippen LogP contribution in [0.2, 0.25) is 0 Å². The number of rotatable bonds is 6.